The number of nitrogens with two attached hydrogens (primary N) is 1. The van der Waals surface area contributed by atoms with E-state index in [0.717, 1.165) is 31.1 Å². The molecule has 1 fully saturated rings. The van der Waals surface area contributed by atoms with Crippen LogP contribution in [-0.4, -0.2) is 19.8 Å². The maximum atomic E-state index is 5.76. The van der Waals surface area contributed by atoms with E-state index in [1.807, 2.05) is 13.0 Å². The summed E-state index contributed by atoms with van der Waals surface area (Å²) >= 11 is 0. The van der Waals surface area contributed by atoms with E-state index in [1.54, 1.807) is 0 Å². The van der Waals surface area contributed by atoms with Crippen molar-refractivity contribution in [1.29, 1.82) is 0 Å². The molecule has 1 heterocycles. The second kappa shape index (κ2) is 5.37. The summed E-state index contributed by atoms with van der Waals surface area (Å²) in [6.07, 6.45) is 2.21. The van der Waals surface area contributed by atoms with E-state index >= 15 is 0 Å². The van der Waals surface area contributed by atoms with Crippen LogP contribution < -0.4 is 15.2 Å². The maximum Gasteiger partial charge on any atom is 0.123 e. The van der Waals surface area contributed by atoms with Gasteiger partial charge >= 0.3 is 0 Å². The first-order valence-corrected chi connectivity index (χ1v) is 6.46. The Kier molecular flexibility index (Phi) is 4.03. The summed E-state index contributed by atoms with van der Waals surface area (Å²) in [4.78, 5) is 0. The lowest BCUT2D eigenvalue weighted by Gasteiger charge is -2.13. The van der Waals surface area contributed by atoms with Gasteiger partial charge in [0.25, 0.3) is 0 Å². The number of ether oxygens (including phenoxy) is 2. The fourth-order valence-corrected chi connectivity index (χ4v) is 2.83. The lowest BCUT2D eigenvalue weighted by molar-refractivity contribution is 0.334. The third kappa shape index (κ3) is 2.17. The van der Waals surface area contributed by atoms with Gasteiger partial charge in [0.15, 0.2) is 0 Å². The molecule has 0 spiro atoms. The molecule has 2 atom stereocenters. The molecule has 4 heteroatoms. The van der Waals surface area contributed by atoms with Crippen molar-refractivity contribution < 1.29 is 9.47 Å². The van der Waals surface area contributed by atoms with Crippen LogP contribution in [0, 0.1) is 5.92 Å². The molecule has 1 aromatic rings. The highest BCUT2D eigenvalue weighted by Crippen LogP contribution is 2.53. The second-order valence-corrected chi connectivity index (χ2v) is 4.82. The van der Waals surface area contributed by atoms with Crippen molar-refractivity contribution >= 4 is 12.4 Å². The summed E-state index contributed by atoms with van der Waals surface area (Å²) in [5.74, 6) is 3.32. The van der Waals surface area contributed by atoms with Crippen LogP contribution >= 0.6 is 12.4 Å². The van der Waals surface area contributed by atoms with Crippen molar-refractivity contribution in [2.24, 2.45) is 11.7 Å². The minimum atomic E-state index is 0. The van der Waals surface area contributed by atoms with E-state index in [-0.39, 0.29) is 12.4 Å². The molecule has 1 aliphatic carbocycles. The Balaban J connectivity index is 0.00000120. The molecule has 1 aromatic carbocycles. The second-order valence-electron chi connectivity index (χ2n) is 4.82. The average Bonchev–Trinajstić information content (AvgIpc) is 2.96. The van der Waals surface area contributed by atoms with Crippen LogP contribution in [-0.2, 0) is 6.42 Å². The lowest BCUT2D eigenvalue weighted by Crippen LogP contribution is -2.04. The van der Waals surface area contributed by atoms with Crippen LogP contribution in [0.2, 0.25) is 0 Å². The van der Waals surface area contributed by atoms with E-state index in [4.69, 9.17) is 15.2 Å². The van der Waals surface area contributed by atoms with Gasteiger partial charge in [0.1, 0.15) is 11.5 Å². The minimum Gasteiger partial charge on any atom is -0.494 e. The molecule has 0 unspecified atom stereocenters. The zero-order valence-electron chi connectivity index (χ0n) is 10.6. The van der Waals surface area contributed by atoms with Crippen molar-refractivity contribution in [2.75, 3.05) is 19.8 Å². The highest BCUT2D eigenvalue weighted by Gasteiger charge is 2.41. The molecule has 0 bridgehead atoms. The zero-order chi connectivity index (χ0) is 11.8. The number of hydrogen-bond donors (Lipinski definition) is 1. The van der Waals surface area contributed by atoms with Gasteiger partial charge in [-0.3, -0.25) is 0 Å². The summed E-state index contributed by atoms with van der Waals surface area (Å²) in [5.41, 5.74) is 8.49. The third-order valence-corrected chi connectivity index (χ3v) is 3.78. The van der Waals surface area contributed by atoms with Gasteiger partial charge in [-0.2, -0.15) is 0 Å². The van der Waals surface area contributed by atoms with Gasteiger partial charge in [0, 0.05) is 17.5 Å². The van der Waals surface area contributed by atoms with Crippen LogP contribution in [0.25, 0.3) is 0 Å². The summed E-state index contributed by atoms with van der Waals surface area (Å²) in [7, 11) is 0. The van der Waals surface area contributed by atoms with Crippen molar-refractivity contribution in [2.45, 2.75) is 25.7 Å². The molecule has 0 aromatic heterocycles. The molecule has 1 saturated carbocycles. The van der Waals surface area contributed by atoms with E-state index in [2.05, 4.69) is 6.07 Å². The first-order chi connectivity index (χ1) is 8.35. The van der Waals surface area contributed by atoms with E-state index < -0.39 is 0 Å². The molecular weight excluding hydrogens is 250 g/mol. The van der Waals surface area contributed by atoms with Crippen molar-refractivity contribution in [3.05, 3.63) is 23.3 Å². The first kappa shape index (κ1) is 13.5. The van der Waals surface area contributed by atoms with Crippen LogP contribution in [0.5, 0.6) is 11.5 Å². The zero-order valence-corrected chi connectivity index (χ0v) is 11.5. The SMILES string of the molecule is CCOc1ccc2c(c1[C@H]1C[C@@H]1CN)CCO2.Cl. The molecular formula is C14H20ClNO2. The molecule has 2 aliphatic rings. The molecule has 18 heavy (non-hydrogen) atoms. The molecule has 2 N–H and O–H groups in total. The predicted molar refractivity (Wildman–Crippen MR) is 74.0 cm³/mol. The predicted octanol–water partition coefficient (Wildman–Crippen LogP) is 2.50. The Bertz CT molecular complexity index is 436. The monoisotopic (exact) mass is 269 g/mol. The van der Waals surface area contributed by atoms with E-state index in [0.29, 0.717) is 18.4 Å². The Morgan fingerprint density at radius 1 is 1.44 bits per heavy atom. The Morgan fingerprint density at radius 3 is 2.94 bits per heavy atom. The number of hydrogen-bond acceptors (Lipinski definition) is 3. The van der Waals surface area contributed by atoms with Gasteiger partial charge in [-0.15, -0.1) is 12.4 Å². The fraction of sp³-hybridized carbons (Fsp3) is 0.571. The molecule has 3 nitrogen and oxygen atoms in total. The highest BCUT2D eigenvalue weighted by atomic mass is 35.5. The largest absolute Gasteiger partial charge is 0.494 e. The van der Waals surface area contributed by atoms with Gasteiger partial charge in [-0.25, -0.2) is 0 Å². The van der Waals surface area contributed by atoms with Gasteiger partial charge in [-0.1, -0.05) is 0 Å². The summed E-state index contributed by atoms with van der Waals surface area (Å²) < 4.78 is 11.4. The average molecular weight is 270 g/mol. The van der Waals surface area contributed by atoms with Gasteiger partial charge in [0.2, 0.25) is 0 Å². The minimum absolute atomic E-state index is 0. The standard InChI is InChI=1S/C14H19NO2.ClH/c1-2-16-13-4-3-12-10(5-6-17-12)14(13)11-7-9(11)8-15;/h3-4,9,11H,2,5-8,15H2,1H3;1H/t9-,11+;/m1./s1. The quantitative estimate of drug-likeness (QED) is 0.913. The van der Waals surface area contributed by atoms with Gasteiger partial charge in [-0.05, 0) is 43.9 Å². The number of halogens is 1. The molecule has 1 aliphatic heterocycles. The van der Waals surface area contributed by atoms with E-state index in [9.17, 15) is 0 Å². The molecule has 100 valence electrons. The normalized spacial score (nSPS) is 23.9. The topological polar surface area (TPSA) is 44.5 Å². The van der Waals surface area contributed by atoms with Crippen LogP contribution in [0.3, 0.4) is 0 Å². The van der Waals surface area contributed by atoms with E-state index in [1.165, 1.54) is 17.5 Å². The molecule has 0 saturated heterocycles. The smallest absolute Gasteiger partial charge is 0.123 e. The van der Waals surface area contributed by atoms with Crippen LogP contribution in [0.15, 0.2) is 12.1 Å². The Morgan fingerprint density at radius 2 is 2.28 bits per heavy atom. The molecule has 0 radical (unpaired) electrons. The Labute approximate surface area is 114 Å². The maximum absolute atomic E-state index is 5.76. The lowest BCUT2D eigenvalue weighted by atomic mass is 9.98. The number of rotatable bonds is 4. The fourth-order valence-electron chi connectivity index (χ4n) is 2.83. The highest BCUT2D eigenvalue weighted by molar-refractivity contribution is 5.85. The van der Waals surface area contributed by atoms with Crippen molar-refractivity contribution in [1.82, 2.24) is 0 Å². The van der Waals surface area contributed by atoms with Crippen LogP contribution in [0.1, 0.15) is 30.4 Å². The number of benzene rings is 1. The molecule has 3 rings (SSSR count). The van der Waals surface area contributed by atoms with Crippen molar-refractivity contribution in [3.63, 3.8) is 0 Å². The summed E-state index contributed by atoms with van der Waals surface area (Å²) in [6, 6.07) is 4.09. The summed E-state index contributed by atoms with van der Waals surface area (Å²) in [5, 5.41) is 0. The Hall–Kier alpha value is -0.930. The van der Waals surface area contributed by atoms with Gasteiger partial charge < -0.3 is 15.2 Å². The van der Waals surface area contributed by atoms with Crippen LogP contribution in [0.4, 0.5) is 0 Å². The first-order valence-electron chi connectivity index (χ1n) is 6.46. The third-order valence-electron chi connectivity index (χ3n) is 3.78. The van der Waals surface area contributed by atoms with Crippen molar-refractivity contribution in [3.8, 4) is 11.5 Å². The molecule has 0 amide bonds. The van der Waals surface area contributed by atoms with Gasteiger partial charge in [0.05, 0.1) is 13.2 Å². The number of fused-ring (bicyclic) bond motifs is 1. The summed E-state index contributed by atoms with van der Waals surface area (Å²) in [6.45, 7) is 4.33.